The number of halogens is 1. The average molecular weight is 656 g/mol. The molecule has 13 heteroatoms. The maximum atomic E-state index is 10.8. The zero-order chi connectivity index (χ0) is 32.1. The maximum absolute atomic E-state index is 10.8. The van der Waals surface area contributed by atoms with E-state index in [-0.39, 0.29) is 10.2 Å². The van der Waals surface area contributed by atoms with Gasteiger partial charge in [0.25, 0.3) is 0 Å². The summed E-state index contributed by atoms with van der Waals surface area (Å²) in [6, 6.07) is 19.0. The molecule has 0 saturated heterocycles. The van der Waals surface area contributed by atoms with Crippen molar-refractivity contribution in [1.82, 2.24) is 0 Å². The molecule has 230 valence electrons. The zero-order valence-electron chi connectivity index (χ0n) is 23.1. The fourth-order valence-corrected chi connectivity index (χ4v) is 3.94. The molecule has 9 nitrogen and oxygen atoms in total. The first-order chi connectivity index (χ1) is 19.8. The van der Waals surface area contributed by atoms with Crippen LogP contribution in [0.1, 0.15) is 47.4 Å². The van der Waals surface area contributed by atoms with E-state index in [0.717, 1.165) is 23.1 Å². The molecule has 8 N–H and O–H groups in total. The van der Waals surface area contributed by atoms with E-state index >= 15 is 0 Å². The molecular weight excluding hydrogens is 618 g/mol. The molecule has 2 aromatic carbocycles. The Labute approximate surface area is 266 Å². The summed E-state index contributed by atoms with van der Waals surface area (Å²) in [6.45, 7) is 1.84. The summed E-state index contributed by atoms with van der Waals surface area (Å²) in [5.74, 6) is -1.20. The Morgan fingerprint density at radius 1 is 0.786 bits per heavy atom. The number of hydrogen-bond acceptors (Lipinski definition) is 8. The normalized spacial score (nSPS) is 12.0. The van der Waals surface area contributed by atoms with Crippen LogP contribution >= 0.6 is 48.2 Å². The van der Waals surface area contributed by atoms with Crippen LogP contribution in [0.5, 0.6) is 0 Å². The van der Waals surface area contributed by atoms with Crippen LogP contribution in [-0.2, 0) is 37.9 Å². The minimum absolute atomic E-state index is 0.265. The average Bonchev–Trinajstić information content (AvgIpc) is 3.49. The number of aliphatic carboxylic acids is 2. The summed E-state index contributed by atoms with van der Waals surface area (Å²) in [6.07, 6.45) is 2.10. The van der Waals surface area contributed by atoms with E-state index in [1.165, 1.54) is 11.3 Å². The van der Waals surface area contributed by atoms with E-state index in [1.54, 1.807) is 17.5 Å². The highest BCUT2D eigenvalue weighted by Crippen LogP contribution is 2.16. The van der Waals surface area contributed by atoms with Gasteiger partial charge >= 0.3 is 11.9 Å². The first-order valence-electron chi connectivity index (χ1n) is 12.7. The minimum Gasteiger partial charge on any atom is -0.481 e. The van der Waals surface area contributed by atoms with Gasteiger partial charge in [-0.25, -0.2) is 0 Å². The van der Waals surface area contributed by atoms with E-state index in [1.807, 2.05) is 61.5 Å². The molecule has 0 amide bonds. The van der Waals surface area contributed by atoms with Crippen LogP contribution in [0.3, 0.4) is 0 Å². The Hall–Kier alpha value is -2.71. The van der Waals surface area contributed by atoms with E-state index in [4.69, 9.17) is 39.0 Å². The van der Waals surface area contributed by atoms with Crippen molar-refractivity contribution in [3.05, 3.63) is 93.7 Å². The molecule has 0 aliphatic heterocycles. The van der Waals surface area contributed by atoms with Crippen LogP contribution in [-0.4, -0.2) is 44.5 Å². The summed E-state index contributed by atoms with van der Waals surface area (Å²) in [5.41, 5.74) is 19.5. The summed E-state index contributed by atoms with van der Waals surface area (Å²) < 4.78 is 0. The number of hydrogen-bond donors (Lipinski definition) is 7. The topological polar surface area (TPSA) is 187 Å². The predicted octanol–water partition coefficient (Wildman–Crippen LogP) is 4.47. The fourth-order valence-electron chi connectivity index (χ4n) is 2.86. The van der Waals surface area contributed by atoms with Gasteiger partial charge in [0.1, 0.15) is 6.04 Å². The molecule has 0 spiro atoms. The number of carboxylic acid groups (broad SMARTS) is 2. The van der Waals surface area contributed by atoms with Crippen LogP contribution in [0.25, 0.3) is 0 Å². The summed E-state index contributed by atoms with van der Waals surface area (Å²) in [5, 5.41) is 17.6. The maximum Gasteiger partial charge on any atom is 0.325 e. The first-order valence-corrected chi connectivity index (χ1v) is 15.0. The smallest absolute Gasteiger partial charge is 0.325 e. The molecular formula is C29H38ClN3O6S3. The lowest BCUT2D eigenvalue weighted by atomic mass is 10.1. The number of rotatable bonds is 11. The molecule has 0 saturated carbocycles. The van der Waals surface area contributed by atoms with Crippen LogP contribution in [0.2, 0.25) is 0 Å². The van der Waals surface area contributed by atoms with Gasteiger partial charge in [-0.2, -0.15) is 0 Å². The summed E-state index contributed by atoms with van der Waals surface area (Å²) in [4.78, 5) is 42.0. The lowest BCUT2D eigenvalue weighted by Gasteiger charge is -2.07. The van der Waals surface area contributed by atoms with Crippen molar-refractivity contribution >= 4 is 70.4 Å². The highest BCUT2D eigenvalue weighted by atomic mass is 35.5. The molecule has 0 bridgehead atoms. The largest absolute Gasteiger partial charge is 0.481 e. The molecule has 0 fully saturated rings. The Morgan fingerprint density at radius 3 is 1.60 bits per heavy atom. The second-order valence-corrected chi connectivity index (χ2v) is 10.8. The van der Waals surface area contributed by atoms with Crippen molar-refractivity contribution in [1.29, 1.82) is 0 Å². The van der Waals surface area contributed by atoms with Gasteiger partial charge in [0.2, 0.25) is 10.2 Å². The van der Waals surface area contributed by atoms with Crippen molar-refractivity contribution in [3.8, 4) is 0 Å². The second kappa shape index (κ2) is 22.8. The Balaban J connectivity index is 0.000000554. The Bertz CT molecular complexity index is 1200. The van der Waals surface area contributed by atoms with Crippen LogP contribution < -0.4 is 17.2 Å². The van der Waals surface area contributed by atoms with Gasteiger partial charge in [-0.05, 0) is 47.4 Å². The molecule has 0 aliphatic carbocycles. The van der Waals surface area contributed by atoms with Gasteiger partial charge in [0.05, 0.1) is 12.1 Å². The number of thiol groups is 2. The van der Waals surface area contributed by atoms with Gasteiger partial charge in [-0.3, -0.25) is 19.2 Å². The molecule has 3 atom stereocenters. The standard InChI is InChI=1S/C10H12ClNOS.C9H11NOS.C6H7NO2S.C4H8O2/c11-6-8-3-1-7(2-4-8)5-9(12)10(13)14;10-8(9(11)12)6-7-4-2-1-3-5-7;7-5(6(8)9)4-2-1-3-10-4;1-2-3-4(5)6/h1-4,9H,5-6,12H2,(H,13,14);1-5,8H,6,10H2,(H,11,12);1-3,5H,7H2,(H,8,9);2-3H2,1H3,(H,5,6)/t9-;8-;;/m00../s1. The summed E-state index contributed by atoms with van der Waals surface area (Å²) >= 11 is 14.3. The predicted molar refractivity (Wildman–Crippen MR) is 175 cm³/mol. The number of carbonyl (C=O) groups excluding carboxylic acids is 2. The van der Waals surface area contributed by atoms with Gasteiger partial charge in [0.15, 0.2) is 0 Å². The minimum atomic E-state index is -0.984. The number of carbonyl (C=O) groups is 4. The zero-order valence-corrected chi connectivity index (χ0v) is 26.5. The lowest BCUT2D eigenvalue weighted by molar-refractivity contribution is -0.139. The third-order valence-electron chi connectivity index (χ3n) is 5.15. The molecule has 42 heavy (non-hydrogen) atoms. The second-order valence-electron chi connectivity index (χ2n) is 8.71. The van der Waals surface area contributed by atoms with E-state index < -0.39 is 30.1 Å². The third-order valence-corrected chi connectivity index (χ3v) is 7.07. The molecule has 1 unspecified atom stereocenters. The van der Waals surface area contributed by atoms with Crippen LogP contribution in [0.4, 0.5) is 0 Å². The van der Waals surface area contributed by atoms with E-state index in [9.17, 15) is 19.2 Å². The number of benzene rings is 2. The molecule has 0 aliphatic rings. The molecule has 3 rings (SSSR count). The van der Waals surface area contributed by atoms with Crippen molar-refractivity contribution in [2.75, 3.05) is 0 Å². The lowest BCUT2D eigenvalue weighted by Crippen LogP contribution is -2.29. The molecule has 0 radical (unpaired) electrons. The number of nitrogens with two attached hydrogens (primary N) is 3. The van der Waals surface area contributed by atoms with Crippen molar-refractivity contribution in [2.45, 2.75) is 56.6 Å². The van der Waals surface area contributed by atoms with E-state index in [0.29, 0.717) is 30.0 Å². The fraction of sp³-hybridized carbons (Fsp3) is 0.310. The highest BCUT2D eigenvalue weighted by Gasteiger charge is 2.14. The van der Waals surface area contributed by atoms with E-state index in [2.05, 4.69) is 25.3 Å². The van der Waals surface area contributed by atoms with Gasteiger partial charge < -0.3 is 27.4 Å². The monoisotopic (exact) mass is 655 g/mol. The number of thiophene rings is 1. The van der Waals surface area contributed by atoms with Gasteiger partial charge in [-0.1, -0.05) is 67.6 Å². The van der Waals surface area contributed by atoms with Crippen molar-refractivity contribution in [3.63, 3.8) is 0 Å². The van der Waals surface area contributed by atoms with Crippen molar-refractivity contribution < 1.29 is 29.4 Å². The third kappa shape index (κ3) is 18.7. The summed E-state index contributed by atoms with van der Waals surface area (Å²) in [7, 11) is 0. The molecule has 3 aromatic rings. The Kier molecular flexibility index (Phi) is 21.4. The number of carboxylic acids is 2. The molecule has 1 aromatic heterocycles. The quantitative estimate of drug-likeness (QED) is 0.116. The molecule has 1 heterocycles. The van der Waals surface area contributed by atoms with Gasteiger partial charge in [-0.15, -0.1) is 48.2 Å². The van der Waals surface area contributed by atoms with Crippen molar-refractivity contribution in [2.24, 2.45) is 17.2 Å². The van der Waals surface area contributed by atoms with Gasteiger partial charge in [0, 0.05) is 17.2 Å². The highest BCUT2D eigenvalue weighted by molar-refractivity contribution is 7.97. The van der Waals surface area contributed by atoms with Crippen LogP contribution in [0, 0.1) is 0 Å². The SMILES string of the molecule is CCCC(=O)O.NC(C(=O)O)c1cccs1.N[C@@H](Cc1ccc(CCl)cc1)C(=O)S.N[C@@H](Cc1ccccc1)C(=O)S. The Morgan fingerprint density at radius 2 is 1.26 bits per heavy atom. The first kappa shape index (κ1) is 39.3. The van der Waals surface area contributed by atoms with Crippen LogP contribution in [0.15, 0.2) is 72.1 Å². The number of alkyl halides is 1.